The Bertz CT molecular complexity index is 826. The van der Waals surface area contributed by atoms with Crippen LogP contribution in [0.1, 0.15) is 31.6 Å². The van der Waals surface area contributed by atoms with Gasteiger partial charge in [-0.15, -0.1) is 0 Å². The van der Waals surface area contributed by atoms with Crippen LogP contribution in [0, 0.1) is 5.92 Å². The van der Waals surface area contributed by atoms with Gasteiger partial charge < -0.3 is 9.32 Å². The Kier molecular flexibility index (Phi) is 5.48. The van der Waals surface area contributed by atoms with Crippen LogP contribution in [0.3, 0.4) is 0 Å². The van der Waals surface area contributed by atoms with E-state index in [1.807, 2.05) is 13.0 Å². The number of carbonyl (C=O) groups excluding carboxylic acids is 1. The van der Waals surface area contributed by atoms with Gasteiger partial charge in [-0.3, -0.25) is 4.79 Å². The highest BCUT2D eigenvalue weighted by Gasteiger charge is 2.34. The van der Waals surface area contributed by atoms with E-state index in [2.05, 4.69) is 0 Å². The van der Waals surface area contributed by atoms with Crippen LogP contribution in [0.4, 0.5) is 0 Å². The molecule has 7 heteroatoms. The number of hydrogen-bond donors (Lipinski definition) is 0. The maximum absolute atomic E-state index is 12.8. The van der Waals surface area contributed by atoms with E-state index in [9.17, 15) is 13.2 Å². The molecule has 0 saturated carbocycles. The molecule has 140 valence electrons. The maximum atomic E-state index is 12.8. The van der Waals surface area contributed by atoms with Crippen LogP contribution < -0.4 is 0 Å². The van der Waals surface area contributed by atoms with Crippen molar-refractivity contribution < 1.29 is 17.6 Å². The lowest BCUT2D eigenvalue weighted by atomic mass is 9.96. The third-order valence-electron chi connectivity index (χ3n) is 5.07. The van der Waals surface area contributed by atoms with Crippen LogP contribution in [-0.2, 0) is 14.8 Å². The van der Waals surface area contributed by atoms with Crippen LogP contribution in [0.5, 0.6) is 0 Å². The third-order valence-corrected chi connectivity index (χ3v) is 6.98. The number of rotatable bonds is 5. The number of hydrogen-bond acceptors (Lipinski definition) is 4. The fraction of sp³-hybridized carbons (Fsp3) is 0.421. The fourth-order valence-corrected chi connectivity index (χ4v) is 4.77. The molecule has 26 heavy (non-hydrogen) atoms. The summed E-state index contributed by atoms with van der Waals surface area (Å²) in [7, 11) is -1.72. The van der Waals surface area contributed by atoms with Gasteiger partial charge in [-0.1, -0.05) is 18.2 Å². The molecule has 0 radical (unpaired) electrons. The lowest BCUT2D eigenvalue weighted by Crippen LogP contribution is -2.43. The molecule has 1 unspecified atom stereocenters. The van der Waals surface area contributed by atoms with Crippen molar-refractivity contribution in [3.8, 4) is 0 Å². The molecule has 1 fully saturated rings. The first kappa shape index (κ1) is 18.7. The zero-order chi connectivity index (χ0) is 18.7. The van der Waals surface area contributed by atoms with Crippen molar-refractivity contribution in [1.29, 1.82) is 0 Å². The van der Waals surface area contributed by atoms with E-state index < -0.39 is 10.0 Å². The number of amides is 1. The van der Waals surface area contributed by atoms with Crippen molar-refractivity contribution in [3.63, 3.8) is 0 Å². The van der Waals surface area contributed by atoms with E-state index in [-0.39, 0.29) is 17.9 Å². The molecule has 1 aliphatic rings. The summed E-state index contributed by atoms with van der Waals surface area (Å²) >= 11 is 0. The lowest BCUT2D eigenvalue weighted by Gasteiger charge is -2.34. The van der Waals surface area contributed by atoms with Crippen molar-refractivity contribution in [2.24, 2.45) is 5.92 Å². The molecule has 1 aliphatic heterocycles. The summed E-state index contributed by atoms with van der Waals surface area (Å²) < 4.78 is 32.2. The topological polar surface area (TPSA) is 70.8 Å². The van der Waals surface area contributed by atoms with E-state index in [4.69, 9.17) is 4.42 Å². The first-order valence-electron chi connectivity index (χ1n) is 8.76. The largest absolute Gasteiger partial charge is 0.467 e. The Morgan fingerprint density at radius 2 is 1.81 bits per heavy atom. The molecule has 2 heterocycles. The molecule has 3 rings (SSSR count). The zero-order valence-corrected chi connectivity index (χ0v) is 15.9. The minimum absolute atomic E-state index is 0.0330. The van der Waals surface area contributed by atoms with Crippen molar-refractivity contribution in [1.82, 2.24) is 9.21 Å². The summed E-state index contributed by atoms with van der Waals surface area (Å²) in [5.74, 6) is 0.607. The van der Waals surface area contributed by atoms with E-state index in [0.717, 1.165) is 5.76 Å². The average molecular weight is 376 g/mol. The minimum atomic E-state index is -3.49. The maximum Gasteiger partial charge on any atom is 0.243 e. The summed E-state index contributed by atoms with van der Waals surface area (Å²) in [5, 5.41) is 0. The molecule has 0 aliphatic carbocycles. The van der Waals surface area contributed by atoms with Crippen molar-refractivity contribution in [2.75, 3.05) is 20.1 Å². The summed E-state index contributed by atoms with van der Waals surface area (Å²) in [4.78, 5) is 14.8. The first-order chi connectivity index (χ1) is 12.4. The molecule has 0 spiro atoms. The molecule has 0 bridgehead atoms. The Morgan fingerprint density at radius 1 is 1.15 bits per heavy atom. The monoisotopic (exact) mass is 376 g/mol. The van der Waals surface area contributed by atoms with Gasteiger partial charge in [-0.05, 0) is 44.0 Å². The summed E-state index contributed by atoms with van der Waals surface area (Å²) in [5.41, 5.74) is 0. The number of nitrogens with zero attached hydrogens (tertiary/aromatic N) is 2. The average Bonchev–Trinajstić information content (AvgIpc) is 3.22. The lowest BCUT2D eigenvalue weighted by molar-refractivity contribution is -0.137. The third kappa shape index (κ3) is 3.68. The van der Waals surface area contributed by atoms with Crippen molar-refractivity contribution in [3.05, 3.63) is 54.5 Å². The van der Waals surface area contributed by atoms with Gasteiger partial charge in [-0.25, -0.2) is 8.42 Å². The molecule has 6 nitrogen and oxygen atoms in total. The summed E-state index contributed by atoms with van der Waals surface area (Å²) in [6.45, 7) is 2.64. The van der Waals surface area contributed by atoms with Crippen molar-refractivity contribution >= 4 is 15.9 Å². The predicted molar refractivity (Wildman–Crippen MR) is 97.8 cm³/mol. The second kappa shape index (κ2) is 7.63. The van der Waals surface area contributed by atoms with Gasteiger partial charge in [0.25, 0.3) is 0 Å². The summed E-state index contributed by atoms with van der Waals surface area (Å²) in [6.07, 6.45) is 2.65. The van der Waals surface area contributed by atoms with Crippen LogP contribution >= 0.6 is 0 Å². The highest BCUT2D eigenvalue weighted by Crippen LogP contribution is 2.27. The summed E-state index contributed by atoms with van der Waals surface area (Å²) in [6, 6.07) is 11.9. The van der Waals surface area contributed by atoms with Gasteiger partial charge in [-0.2, -0.15) is 4.31 Å². The van der Waals surface area contributed by atoms with Gasteiger partial charge in [0.15, 0.2) is 0 Å². The van der Waals surface area contributed by atoms with Crippen LogP contribution in [0.2, 0.25) is 0 Å². The van der Waals surface area contributed by atoms with E-state index in [0.29, 0.717) is 30.8 Å². The standard InChI is InChI=1S/C19H24N2O4S/c1-15(18-9-6-14-25-18)20(2)19(22)16-10-12-21(13-11-16)26(23,24)17-7-4-3-5-8-17/h3-9,14-16H,10-13H2,1-2H3. The van der Waals surface area contributed by atoms with Gasteiger partial charge in [0.1, 0.15) is 5.76 Å². The predicted octanol–water partition coefficient (Wildman–Crippen LogP) is 2.90. The number of piperidine rings is 1. The quantitative estimate of drug-likeness (QED) is 0.804. The highest BCUT2D eigenvalue weighted by atomic mass is 32.2. The fourth-order valence-electron chi connectivity index (χ4n) is 3.28. The van der Waals surface area contributed by atoms with Crippen LogP contribution in [0.25, 0.3) is 0 Å². The Balaban J connectivity index is 1.62. The molecule has 1 amide bonds. The van der Waals surface area contributed by atoms with E-state index in [1.54, 1.807) is 54.6 Å². The van der Waals surface area contributed by atoms with Gasteiger partial charge in [0.2, 0.25) is 15.9 Å². The first-order valence-corrected chi connectivity index (χ1v) is 10.2. The highest BCUT2D eigenvalue weighted by molar-refractivity contribution is 7.89. The number of carbonyl (C=O) groups is 1. The molecule has 2 aromatic rings. The van der Waals surface area contributed by atoms with Gasteiger partial charge in [0, 0.05) is 26.1 Å². The Hall–Kier alpha value is -2.12. The molecule has 1 atom stereocenters. The molecule has 1 aromatic heterocycles. The zero-order valence-electron chi connectivity index (χ0n) is 15.0. The molecular weight excluding hydrogens is 352 g/mol. The van der Waals surface area contributed by atoms with Gasteiger partial charge >= 0.3 is 0 Å². The van der Waals surface area contributed by atoms with E-state index in [1.165, 1.54) is 4.31 Å². The molecular formula is C19H24N2O4S. The van der Waals surface area contributed by atoms with Gasteiger partial charge in [0.05, 0.1) is 17.2 Å². The normalized spacial score (nSPS) is 17.8. The smallest absolute Gasteiger partial charge is 0.243 e. The number of benzene rings is 1. The molecule has 1 aromatic carbocycles. The Morgan fingerprint density at radius 3 is 2.38 bits per heavy atom. The number of furan rings is 1. The van der Waals surface area contributed by atoms with Crippen LogP contribution in [0.15, 0.2) is 58.0 Å². The van der Waals surface area contributed by atoms with Crippen LogP contribution in [-0.4, -0.2) is 43.7 Å². The Labute approximate surface area is 154 Å². The molecule has 1 saturated heterocycles. The second-order valence-corrected chi connectivity index (χ2v) is 8.57. The minimum Gasteiger partial charge on any atom is -0.467 e. The number of sulfonamides is 1. The second-order valence-electron chi connectivity index (χ2n) is 6.63. The van der Waals surface area contributed by atoms with Crippen molar-refractivity contribution in [2.45, 2.75) is 30.7 Å². The van der Waals surface area contributed by atoms with E-state index >= 15 is 0 Å². The SMILES string of the molecule is CC(c1ccco1)N(C)C(=O)C1CCN(S(=O)(=O)c2ccccc2)CC1. The molecule has 0 N–H and O–H groups in total.